The molecule has 0 fully saturated rings. The molecule has 106 valence electrons. The summed E-state index contributed by atoms with van der Waals surface area (Å²) in [4.78, 5) is 16.5. The second-order valence-electron chi connectivity index (χ2n) is 4.50. The predicted molar refractivity (Wildman–Crippen MR) is 78.4 cm³/mol. The van der Waals surface area contributed by atoms with Crippen molar-refractivity contribution in [3.8, 4) is 5.75 Å². The number of carbonyl (C=O) groups excluding carboxylic acids is 1. The molecule has 0 aliphatic carbocycles. The van der Waals surface area contributed by atoms with Crippen molar-refractivity contribution >= 4 is 17.3 Å². The molecule has 0 saturated heterocycles. The number of rotatable bonds is 4. The number of aromatic nitrogens is 1. The lowest BCUT2D eigenvalue weighted by molar-refractivity contribution is -0.141. The Labute approximate surface area is 122 Å². The van der Waals surface area contributed by atoms with Crippen LogP contribution >= 0.6 is 11.3 Å². The Morgan fingerprint density at radius 3 is 2.35 bits per heavy atom. The minimum atomic E-state index is -0.481. The molecule has 5 heteroatoms. The van der Waals surface area contributed by atoms with Crippen LogP contribution in [0, 0.1) is 13.8 Å². The van der Waals surface area contributed by atoms with Crippen LogP contribution < -0.4 is 4.74 Å². The number of aryl methyl sites for hydroxylation is 2. The van der Waals surface area contributed by atoms with Crippen LogP contribution in [0.25, 0.3) is 0 Å². The van der Waals surface area contributed by atoms with Crippen LogP contribution in [-0.4, -0.2) is 25.2 Å². The van der Waals surface area contributed by atoms with Crippen LogP contribution in [0.15, 0.2) is 23.7 Å². The summed E-state index contributed by atoms with van der Waals surface area (Å²) in [7, 11) is 3.03. The molecule has 0 aliphatic heterocycles. The summed E-state index contributed by atoms with van der Waals surface area (Å²) < 4.78 is 10.2. The summed E-state index contributed by atoms with van der Waals surface area (Å²) in [6.45, 7) is 3.93. The van der Waals surface area contributed by atoms with Gasteiger partial charge >= 0.3 is 5.97 Å². The summed E-state index contributed by atoms with van der Waals surface area (Å²) >= 11 is 1.45. The Morgan fingerprint density at radius 1 is 1.25 bits per heavy atom. The number of methoxy groups -OCH3 is 2. The van der Waals surface area contributed by atoms with Crippen LogP contribution in [-0.2, 0) is 9.53 Å². The van der Waals surface area contributed by atoms with Gasteiger partial charge in [0.05, 0.1) is 14.2 Å². The number of thiazole rings is 1. The van der Waals surface area contributed by atoms with Crippen molar-refractivity contribution in [1.82, 2.24) is 4.98 Å². The largest absolute Gasteiger partial charge is 0.497 e. The van der Waals surface area contributed by atoms with Gasteiger partial charge in [-0.25, -0.2) is 4.98 Å². The molecule has 1 unspecified atom stereocenters. The van der Waals surface area contributed by atoms with Crippen LogP contribution in [0.3, 0.4) is 0 Å². The lowest BCUT2D eigenvalue weighted by Crippen LogP contribution is -2.18. The molecule has 0 N–H and O–H groups in total. The minimum Gasteiger partial charge on any atom is -0.497 e. The van der Waals surface area contributed by atoms with Crippen LogP contribution in [0.2, 0.25) is 0 Å². The molecular formula is C15H17NO3S. The van der Waals surface area contributed by atoms with E-state index in [1.54, 1.807) is 13.3 Å². The van der Waals surface area contributed by atoms with Gasteiger partial charge in [-0.15, -0.1) is 11.3 Å². The molecule has 1 atom stereocenters. The van der Waals surface area contributed by atoms with Crippen molar-refractivity contribution in [2.24, 2.45) is 0 Å². The summed E-state index contributed by atoms with van der Waals surface area (Å²) in [6, 6.07) is 3.84. The molecule has 4 nitrogen and oxygen atoms in total. The molecule has 1 heterocycles. The Hall–Kier alpha value is -1.88. The van der Waals surface area contributed by atoms with Gasteiger partial charge in [-0.05, 0) is 42.7 Å². The fraction of sp³-hybridized carbons (Fsp3) is 0.333. The molecule has 1 aromatic heterocycles. The summed E-state index contributed by atoms with van der Waals surface area (Å²) in [5.74, 6) is 0.00808. The maximum absolute atomic E-state index is 12.2. The van der Waals surface area contributed by atoms with Gasteiger partial charge in [0.1, 0.15) is 16.7 Å². The molecule has 0 saturated carbocycles. The molecule has 2 rings (SSSR count). The highest BCUT2D eigenvalue weighted by Crippen LogP contribution is 2.34. The smallest absolute Gasteiger partial charge is 0.320 e. The molecule has 20 heavy (non-hydrogen) atoms. The fourth-order valence-corrected chi connectivity index (χ4v) is 3.08. The zero-order valence-corrected chi connectivity index (χ0v) is 12.8. The topological polar surface area (TPSA) is 48.4 Å². The van der Waals surface area contributed by atoms with Gasteiger partial charge in [0.25, 0.3) is 0 Å². The first-order chi connectivity index (χ1) is 9.58. The maximum Gasteiger partial charge on any atom is 0.320 e. The monoisotopic (exact) mass is 291 g/mol. The van der Waals surface area contributed by atoms with Crippen molar-refractivity contribution in [3.05, 3.63) is 45.4 Å². The van der Waals surface area contributed by atoms with Crippen molar-refractivity contribution in [3.63, 3.8) is 0 Å². The molecule has 1 aromatic carbocycles. The van der Waals surface area contributed by atoms with Crippen molar-refractivity contribution in [2.45, 2.75) is 19.8 Å². The molecule has 0 bridgehead atoms. The molecule has 0 spiro atoms. The van der Waals surface area contributed by atoms with Gasteiger partial charge in [-0.3, -0.25) is 4.79 Å². The molecule has 0 amide bonds. The number of carbonyl (C=O) groups is 1. The standard InChI is InChI=1S/C15H17NO3S/c1-9-7-11(18-3)8-10(2)12(9)13(15(17)19-4)14-16-5-6-20-14/h5-8,13H,1-4H3. The highest BCUT2D eigenvalue weighted by Gasteiger charge is 2.29. The number of hydrogen-bond donors (Lipinski definition) is 0. The lowest BCUT2D eigenvalue weighted by atomic mass is 9.90. The van der Waals surface area contributed by atoms with Gasteiger partial charge in [0.15, 0.2) is 0 Å². The van der Waals surface area contributed by atoms with E-state index in [0.29, 0.717) is 0 Å². The van der Waals surface area contributed by atoms with E-state index in [4.69, 9.17) is 9.47 Å². The Morgan fingerprint density at radius 2 is 1.90 bits per heavy atom. The van der Waals surface area contributed by atoms with Gasteiger partial charge in [0.2, 0.25) is 0 Å². The van der Waals surface area contributed by atoms with E-state index >= 15 is 0 Å². The second-order valence-corrected chi connectivity index (χ2v) is 5.43. The van der Waals surface area contributed by atoms with Gasteiger partial charge < -0.3 is 9.47 Å². The molecule has 2 aromatic rings. The van der Waals surface area contributed by atoms with Crippen LogP contribution in [0.4, 0.5) is 0 Å². The SMILES string of the molecule is COC(=O)C(c1nccs1)c1c(C)cc(OC)cc1C. The van der Waals surface area contributed by atoms with E-state index in [0.717, 1.165) is 27.4 Å². The number of ether oxygens (including phenoxy) is 2. The van der Waals surface area contributed by atoms with E-state index in [2.05, 4.69) is 4.98 Å². The van der Waals surface area contributed by atoms with Crippen LogP contribution in [0.1, 0.15) is 27.6 Å². The van der Waals surface area contributed by atoms with E-state index in [-0.39, 0.29) is 5.97 Å². The highest BCUT2D eigenvalue weighted by molar-refractivity contribution is 7.09. The van der Waals surface area contributed by atoms with E-state index < -0.39 is 5.92 Å². The summed E-state index contributed by atoms with van der Waals surface area (Å²) in [5, 5.41) is 2.60. The van der Waals surface area contributed by atoms with E-state index in [1.807, 2.05) is 31.4 Å². The Kier molecular flexibility index (Phi) is 4.39. The number of esters is 1. The van der Waals surface area contributed by atoms with Crippen molar-refractivity contribution in [1.29, 1.82) is 0 Å². The zero-order chi connectivity index (χ0) is 14.7. The molecule has 0 radical (unpaired) electrons. The predicted octanol–water partition coefficient (Wildman–Crippen LogP) is 3.07. The number of hydrogen-bond acceptors (Lipinski definition) is 5. The van der Waals surface area contributed by atoms with Crippen molar-refractivity contribution < 1.29 is 14.3 Å². The van der Waals surface area contributed by atoms with Crippen LogP contribution in [0.5, 0.6) is 5.75 Å². The number of benzene rings is 1. The van der Waals surface area contributed by atoms with Gasteiger partial charge in [-0.2, -0.15) is 0 Å². The third-order valence-corrected chi connectivity index (χ3v) is 4.07. The number of nitrogens with zero attached hydrogens (tertiary/aromatic N) is 1. The zero-order valence-electron chi connectivity index (χ0n) is 12.0. The Balaban J connectivity index is 2.58. The third-order valence-electron chi connectivity index (χ3n) is 3.23. The first kappa shape index (κ1) is 14.5. The fourth-order valence-electron chi connectivity index (χ4n) is 2.35. The summed E-state index contributed by atoms with van der Waals surface area (Å²) in [5.41, 5.74) is 2.92. The summed E-state index contributed by atoms with van der Waals surface area (Å²) in [6.07, 6.45) is 1.70. The van der Waals surface area contributed by atoms with Crippen molar-refractivity contribution in [2.75, 3.05) is 14.2 Å². The minimum absolute atomic E-state index is 0.295. The molecular weight excluding hydrogens is 274 g/mol. The average molecular weight is 291 g/mol. The normalized spacial score (nSPS) is 12.0. The van der Waals surface area contributed by atoms with E-state index in [1.165, 1.54) is 18.4 Å². The lowest BCUT2D eigenvalue weighted by Gasteiger charge is -2.18. The van der Waals surface area contributed by atoms with Gasteiger partial charge in [-0.1, -0.05) is 0 Å². The van der Waals surface area contributed by atoms with E-state index in [9.17, 15) is 4.79 Å². The second kappa shape index (κ2) is 6.05. The highest BCUT2D eigenvalue weighted by atomic mass is 32.1. The first-order valence-electron chi connectivity index (χ1n) is 6.20. The quantitative estimate of drug-likeness (QED) is 0.812. The third kappa shape index (κ3) is 2.67. The molecule has 0 aliphatic rings. The van der Waals surface area contributed by atoms with Gasteiger partial charge in [0, 0.05) is 11.6 Å². The Bertz CT molecular complexity index is 585. The average Bonchev–Trinajstić information content (AvgIpc) is 2.95. The maximum atomic E-state index is 12.2. The first-order valence-corrected chi connectivity index (χ1v) is 7.08.